The minimum Gasteiger partial charge on any atom is -0.444 e. The van der Waals surface area contributed by atoms with Gasteiger partial charge in [-0.15, -0.1) is 0 Å². The van der Waals surface area contributed by atoms with Gasteiger partial charge in [-0.05, 0) is 51.3 Å². The van der Waals surface area contributed by atoms with Gasteiger partial charge in [0.2, 0.25) is 29.5 Å². The Kier molecular flexibility index (Phi) is 18.5. The van der Waals surface area contributed by atoms with Gasteiger partial charge in [0.1, 0.15) is 30.8 Å². The lowest BCUT2D eigenvalue weighted by atomic mass is 10.0. The van der Waals surface area contributed by atoms with Crippen LogP contribution in [0.1, 0.15) is 52.2 Å². The zero-order chi connectivity index (χ0) is 39.4. The fourth-order valence-electron chi connectivity index (χ4n) is 4.77. The molecular formula is C37H53N7O9. The molecule has 0 unspecified atom stereocenters. The summed E-state index contributed by atoms with van der Waals surface area (Å²) in [6.07, 6.45) is -1.35. The van der Waals surface area contributed by atoms with Gasteiger partial charge in [-0.2, -0.15) is 0 Å². The van der Waals surface area contributed by atoms with Gasteiger partial charge in [0.15, 0.2) is 0 Å². The molecule has 0 saturated heterocycles. The van der Waals surface area contributed by atoms with Crippen molar-refractivity contribution in [3.8, 4) is 0 Å². The van der Waals surface area contributed by atoms with Gasteiger partial charge < -0.3 is 41.4 Å². The predicted octanol–water partition coefficient (Wildman–Crippen LogP) is 1.39. The molecule has 0 aliphatic carbocycles. The zero-order valence-corrected chi connectivity index (χ0v) is 31.3. The maximum Gasteiger partial charge on any atom is 0.416 e. The Balaban J connectivity index is 1.99. The molecule has 53 heavy (non-hydrogen) atoms. The summed E-state index contributed by atoms with van der Waals surface area (Å²) in [5.74, 6) is -3.11. The molecule has 0 aliphatic heterocycles. The molecule has 2 aromatic carbocycles. The second-order valence-corrected chi connectivity index (χ2v) is 13.5. The number of carbonyl (C=O) groups excluding carboxylic acids is 7. The van der Waals surface area contributed by atoms with Gasteiger partial charge in [-0.25, -0.2) is 14.5 Å². The van der Waals surface area contributed by atoms with Crippen molar-refractivity contribution in [2.24, 2.45) is 5.92 Å². The Hall–Kier alpha value is -5.51. The molecule has 16 heteroatoms. The second-order valence-electron chi connectivity index (χ2n) is 13.5. The van der Waals surface area contributed by atoms with Crippen molar-refractivity contribution >= 4 is 41.7 Å². The normalized spacial score (nSPS) is 12.1. The van der Waals surface area contributed by atoms with E-state index < -0.39 is 72.5 Å². The lowest BCUT2D eigenvalue weighted by Crippen LogP contribution is -2.56. The van der Waals surface area contributed by atoms with Gasteiger partial charge in [0, 0.05) is 19.5 Å². The van der Waals surface area contributed by atoms with Crippen molar-refractivity contribution in [2.45, 2.75) is 71.8 Å². The topological polar surface area (TPSA) is 213 Å². The smallest absolute Gasteiger partial charge is 0.416 e. The summed E-state index contributed by atoms with van der Waals surface area (Å²) in [7, 11) is 1.55. The van der Waals surface area contributed by atoms with Crippen LogP contribution in [0.5, 0.6) is 0 Å². The van der Waals surface area contributed by atoms with Gasteiger partial charge in [0.25, 0.3) is 0 Å². The van der Waals surface area contributed by atoms with E-state index in [1.54, 1.807) is 76.3 Å². The van der Waals surface area contributed by atoms with Crippen LogP contribution in [-0.4, -0.2) is 104 Å². The molecule has 0 heterocycles. The van der Waals surface area contributed by atoms with Crippen molar-refractivity contribution in [1.29, 1.82) is 0 Å². The molecule has 16 nitrogen and oxygen atoms in total. The van der Waals surface area contributed by atoms with Gasteiger partial charge >= 0.3 is 12.2 Å². The monoisotopic (exact) mass is 739 g/mol. The summed E-state index contributed by atoms with van der Waals surface area (Å²) < 4.78 is 10.4. The van der Waals surface area contributed by atoms with Crippen LogP contribution < -0.4 is 31.9 Å². The van der Waals surface area contributed by atoms with E-state index in [1.165, 1.54) is 0 Å². The summed E-state index contributed by atoms with van der Waals surface area (Å²) in [6, 6.07) is 15.7. The summed E-state index contributed by atoms with van der Waals surface area (Å²) in [5, 5.41) is 15.4. The Bertz CT molecular complexity index is 1520. The molecule has 0 saturated carbocycles. The number of rotatable bonds is 19. The molecule has 2 rings (SSSR count). The van der Waals surface area contributed by atoms with E-state index >= 15 is 0 Å². The molecule has 0 radical (unpaired) electrons. The van der Waals surface area contributed by atoms with Crippen LogP contribution in [0, 0.1) is 5.92 Å². The van der Waals surface area contributed by atoms with Crippen molar-refractivity contribution in [3.63, 3.8) is 0 Å². The standard InChI is InChI=1S/C37H53N7O9/c1-25(2)19-28(43-34(49)29(20-26-13-9-7-10-14-26)42-31(46)22-41-35(50)53-37(3,4)5)33(48)40-21-30(45)39-17-18-44(32(47)23-38-6)36(51)52-24-27-15-11-8-12-16-27/h7-16,25,28-29,38H,17-24H2,1-6H3,(H,39,45)(H,40,48)(H,41,50)(H,42,46)(H,43,49)/t28-,29-/m0/s1. The van der Waals surface area contributed by atoms with Crippen LogP contribution in [-0.2, 0) is 46.5 Å². The fourth-order valence-corrected chi connectivity index (χ4v) is 4.77. The quantitative estimate of drug-likeness (QED) is 0.122. The van der Waals surface area contributed by atoms with E-state index in [1.807, 2.05) is 26.0 Å². The number of carbonyl (C=O) groups is 7. The largest absolute Gasteiger partial charge is 0.444 e. The number of nitrogens with zero attached hydrogens (tertiary/aromatic N) is 1. The Morgan fingerprint density at radius 1 is 0.717 bits per heavy atom. The van der Waals surface area contributed by atoms with Gasteiger partial charge in [0.05, 0.1) is 13.1 Å². The molecule has 7 amide bonds. The highest BCUT2D eigenvalue weighted by molar-refractivity contribution is 5.94. The number of amides is 7. The van der Waals surface area contributed by atoms with E-state index in [-0.39, 0.29) is 45.0 Å². The molecule has 2 atom stereocenters. The predicted molar refractivity (Wildman–Crippen MR) is 196 cm³/mol. The molecule has 0 spiro atoms. The molecular weight excluding hydrogens is 686 g/mol. The highest BCUT2D eigenvalue weighted by Crippen LogP contribution is 2.09. The van der Waals surface area contributed by atoms with E-state index in [4.69, 9.17) is 9.47 Å². The lowest BCUT2D eigenvalue weighted by molar-refractivity contribution is -0.133. The minimum atomic E-state index is -1.11. The third-order valence-electron chi connectivity index (χ3n) is 7.20. The van der Waals surface area contributed by atoms with Crippen LogP contribution in [0.3, 0.4) is 0 Å². The molecule has 0 aliphatic rings. The highest BCUT2D eigenvalue weighted by atomic mass is 16.6. The Labute approximate surface area is 310 Å². The first kappa shape index (κ1) is 43.7. The van der Waals surface area contributed by atoms with Crippen LogP contribution in [0.4, 0.5) is 9.59 Å². The number of likely N-dealkylation sites (N-methyl/N-ethyl adjacent to an activating group) is 1. The van der Waals surface area contributed by atoms with E-state index in [0.717, 1.165) is 16.0 Å². The average Bonchev–Trinajstić information content (AvgIpc) is 3.10. The first-order valence-corrected chi connectivity index (χ1v) is 17.4. The number of benzene rings is 2. The number of imide groups is 1. The summed E-state index contributed by atoms with van der Waals surface area (Å²) in [4.78, 5) is 90.4. The number of hydrogen-bond donors (Lipinski definition) is 6. The summed E-state index contributed by atoms with van der Waals surface area (Å²) in [5.41, 5.74) is 0.710. The summed E-state index contributed by atoms with van der Waals surface area (Å²) in [6.45, 7) is 7.40. The van der Waals surface area contributed by atoms with Crippen LogP contribution >= 0.6 is 0 Å². The lowest BCUT2D eigenvalue weighted by Gasteiger charge is -2.24. The van der Waals surface area contributed by atoms with Crippen LogP contribution in [0.2, 0.25) is 0 Å². The van der Waals surface area contributed by atoms with E-state index in [2.05, 4.69) is 31.9 Å². The van der Waals surface area contributed by atoms with Crippen molar-refractivity contribution in [3.05, 3.63) is 71.8 Å². The van der Waals surface area contributed by atoms with Crippen LogP contribution in [0.25, 0.3) is 0 Å². The zero-order valence-electron chi connectivity index (χ0n) is 31.3. The number of hydrogen-bond acceptors (Lipinski definition) is 10. The van der Waals surface area contributed by atoms with Crippen molar-refractivity contribution in [1.82, 2.24) is 36.8 Å². The van der Waals surface area contributed by atoms with Crippen molar-refractivity contribution in [2.75, 3.05) is 39.8 Å². The Morgan fingerprint density at radius 2 is 1.32 bits per heavy atom. The van der Waals surface area contributed by atoms with Gasteiger partial charge in [-0.1, -0.05) is 74.5 Å². The first-order chi connectivity index (χ1) is 25.1. The maximum absolute atomic E-state index is 13.6. The minimum absolute atomic E-state index is 0.0390. The van der Waals surface area contributed by atoms with Gasteiger partial charge in [-0.3, -0.25) is 24.0 Å². The molecule has 6 N–H and O–H groups in total. The number of ether oxygens (including phenoxy) is 2. The molecule has 0 bridgehead atoms. The highest BCUT2D eigenvalue weighted by Gasteiger charge is 2.29. The van der Waals surface area contributed by atoms with E-state index in [0.29, 0.717) is 0 Å². The maximum atomic E-state index is 13.6. The third-order valence-corrected chi connectivity index (χ3v) is 7.20. The fraction of sp³-hybridized carbons (Fsp3) is 0.486. The Morgan fingerprint density at radius 3 is 1.91 bits per heavy atom. The first-order valence-electron chi connectivity index (χ1n) is 17.4. The average molecular weight is 740 g/mol. The molecule has 0 aromatic heterocycles. The van der Waals surface area contributed by atoms with Crippen molar-refractivity contribution < 1.29 is 43.0 Å². The molecule has 290 valence electrons. The van der Waals surface area contributed by atoms with E-state index in [9.17, 15) is 33.6 Å². The molecule has 2 aromatic rings. The SMILES string of the molecule is CNCC(=O)N(CCNC(=O)CNC(=O)[C@H](CC(C)C)NC(=O)[C@H](Cc1ccccc1)NC(=O)CNC(=O)OC(C)(C)C)C(=O)OCc1ccccc1. The van der Waals surface area contributed by atoms with Crippen LogP contribution in [0.15, 0.2) is 60.7 Å². The number of nitrogens with one attached hydrogen (secondary N) is 6. The molecule has 0 fully saturated rings. The third kappa shape index (κ3) is 18.0. The summed E-state index contributed by atoms with van der Waals surface area (Å²) >= 11 is 0. The second kappa shape index (κ2) is 22.4. The number of alkyl carbamates (subject to hydrolysis) is 1.